The number of nitrogens with zero attached hydrogens (tertiary/aromatic N) is 2. The highest BCUT2D eigenvalue weighted by molar-refractivity contribution is 7.15. The van der Waals surface area contributed by atoms with Gasteiger partial charge >= 0.3 is 0 Å². The minimum atomic E-state index is -0.668. The van der Waals surface area contributed by atoms with Crippen LogP contribution in [-0.2, 0) is 16.0 Å². The number of carbonyl (C=O) groups excluding carboxylic acids is 2. The average molecular weight is 492 g/mol. The summed E-state index contributed by atoms with van der Waals surface area (Å²) in [5, 5.41) is 24.8. The molecule has 1 heterocycles. The van der Waals surface area contributed by atoms with Crippen LogP contribution in [0.25, 0.3) is 0 Å². The maximum atomic E-state index is 13.1. The van der Waals surface area contributed by atoms with Crippen molar-refractivity contribution in [2.75, 3.05) is 25.5 Å². The number of rotatable bonds is 7. The topological polar surface area (TPSA) is 103 Å². The van der Waals surface area contributed by atoms with E-state index >= 15 is 0 Å². The number of anilines is 1. The zero-order valence-corrected chi connectivity index (χ0v) is 22.3. The van der Waals surface area contributed by atoms with Gasteiger partial charge in [0.25, 0.3) is 0 Å². The molecule has 2 amide bonds. The van der Waals surface area contributed by atoms with E-state index in [1.165, 1.54) is 11.3 Å². The van der Waals surface area contributed by atoms with Gasteiger partial charge in [-0.3, -0.25) is 9.59 Å². The summed E-state index contributed by atoms with van der Waals surface area (Å²) in [5.41, 5.74) is -0.229. The van der Waals surface area contributed by atoms with Gasteiger partial charge in [-0.2, -0.15) is 0 Å². The van der Waals surface area contributed by atoms with E-state index in [1.807, 2.05) is 27.7 Å². The molecular formula is C26H41N3O4S. The fourth-order valence-electron chi connectivity index (χ4n) is 5.97. The van der Waals surface area contributed by atoms with E-state index in [4.69, 9.17) is 4.98 Å². The Bertz CT molecular complexity index is 939. The van der Waals surface area contributed by atoms with Crippen LogP contribution in [-0.4, -0.2) is 58.2 Å². The molecule has 1 aromatic rings. The Balaban J connectivity index is 2.01. The van der Waals surface area contributed by atoms with Gasteiger partial charge in [0.2, 0.25) is 11.8 Å². The van der Waals surface area contributed by atoms with Crippen LogP contribution in [0.3, 0.4) is 0 Å². The lowest BCUT2D eigenvalue weighted by Crippen LogP contribution is -2.57. The Hall–Kier alpha value is -1.77. The number of amides is 2. The standard InChI is InChI=1S/C26H41N3O4S/c1-8-11-29(7)21(33)12-16-22-17(34-23(28-22)27-20(32)14-24(2,3)4)13-18-25(16,5)10-9-19(31)26(18,6)15-30/h8,16,18-19,30-31H,1,9-15H2,2-7H3,(H,27,28,32). The van der Waals surface area contributed by atoms with Gasteiger partial charge in [0.1, 0.15) is 0 Å². The van der Waals surface area contributed by atoms with E-state index in [0.717, 1.165) is 17.0 Å². The largest absolute Gasteiger partial charge is 0.396 e. The first kappa shape index (κ1) is 26.8. The quantitative estimate of drug-likeness (QED) is 0.501. The van der Waals surface area contributed by atoms with Crippen molar-refractivity contribution in [3.63, 3.8) is 0 Å². The molecule has 2 aliphatic rings. The van der Waals surface area contributed by atoms with Gasteiger partial charge in [0.15, 0.2) is 5.13 Å². The van der Waals surface area contributed by atoms with Crippen molar-refractivity contribution in [3.05, 3.63) is 23.2 Å². The zero-order chi connectivity index (χ0) is 25.5. The number of carbonyl (C=O) groups is 2. The van der Waals surface area contributed by atoms with Crippen molar-refractivity contribution in [1.29, 1.82) is 0 Å². The Morgan fingerprint density at radius 1 is 1.35 bits per heavy atom. The first-order valence-electron chi connectivity index (χ1n) is 12.2. The molecule has 1 fully saturated rings. The third-order valence-corrected chi connectivity index (χ3v) is 9.05. The zero-order valence-electron chi connectivity index (χ0n) is 21.5. The van der Waals surface area contributed by atoms with Crippen LogP contribution in [0.15, 0.2) is 12.7 Å². The molecule has 3 N–H and O–H groups in total. The lowest BCUT2D eigenvalue weighted by molar-refractivity contribution is -0.146. The number of hydrogen-bond acceptors (Lipinski definition) is 6. The second kappa shape index (κ2) is 9.70. The molecule has 0 saturated heterocycles. The number of aliphatic hydroxyl groups excluding tert-OH is 2. The normalized spacial score (nSPS) is 30.8. The van der Waals surface area contributed by atoms with Gasteiger partial charge in [-0.15, -0.1) is 17.9 Å². The third kappa shape index (κ3) is 5.09. The maximum Gasteiger partial charge on any atom is 0.226 e. The van der Waals surface area contributed by atoms with Crippen molar-refractivity contribution in [2.45, 2.75) is 78.7 Å². The van der Waals surface area contributed by atoms with E-state index in [-0.39, 0.29) is 41.1 Å². The van der Waals surface area contributed by atoms with Crippen molar-refractivity contribution in [2.24, 2.45) is 22.2 Å². The third-order valence-electron chi connectivity index (χ3n) is 8.04. The minimum Gasteiger partial charge on any atom is -0.396 e. The number of nitrogens with one attached hydrogen (secondary N) is 1. The van der Waals surface area contributed by atoms with E-state index in [9.17, 15) is 19.8 Å². The van der Waals surface area contributed by atoms with Crippen LogP contribution in [0, 0.1) is 22.2 Å². The van der Waals surface area contributed by atoms with Crippen LogP contribution >= 0.6 is 11.3 Å². The fourth-order valence-corrected chi connectivity index (χ4v) is 7.05. The van der Waals surface area contributed by atoms with E-state index in [1.54, 1.807) is 18.0 Å². The van der Waals surface area contributed by atoms with Crippen LogP contribution in [0.5, 0.6) is 0 Å². The highest BCUT2D eigenvalue weighted by Crippen LogP contribution is 2.62. The summed E-state index contributed by atoms with van der Waals surface area (Å²) in [4.78, 5) is 33.3. The molecule has 0 radical (unpaired) electrons. The highest BCUT2D eigenvalue weighted by Gasteiger charge is 2.59. The first-order chi connectivity index (χ1) is 15.7. The second-order valence-corrected chi connectivity index (χ2v) is 13.0. The first-order valence-corrected chi connectivity index (χ1v) is 13.0. The maximum absolute atomic E-state index is 13.1. The monoisotopic (exact) mass is 491 g/mol. The Morgan fingerprint density at radius 2 is 2.03 bits per heavy atom. The molecule has 2 aliphatic carbocycles. The van der Waals surface area contributed by atoms with Gasteiger partial charge in [0, 0.05) is 42.6 Å². The summed E-state index contributed by atoms with van der Waals surface area (Å²) in [5.74, 6) is -0.233. The summed E-state index contributed by atoms with van der Waals surface area (Å²) >= 11 is 1.46. The molecule has 1 aromatic heterocycles. The minimum absolute atomic E-state index is 0.0117. The summed E-state index contributed by atoms with van der Waals surface area (Å²) in [7, 11) is 1.77. The van der Waals surface area contributed by atoms with Gasteiger partial charge in [-0.05, 0) is 36.0 Å². The van der Waals surface area contributed by atoms with Crippen molar-refractivity contribution < 1.29 is 19.8 Å². The number of thiazole rings is 1. The molecule has 8 heteroatoms. The predicted octanol–water partition coefficient (Wildman–Crippen LogP) is 3.97. The molecule has 34 heavy (non-hydrogen) atoms. The van der Waals surface area contributed by atoms with E-state index in [0.29, 0.717) is 37.4 Å². The lowest BCUT2D eigenvalue weighted by atomic mass is 9.47. The molecule has 0 spiro atoms. The molecule has 7 nitrogen and oxygen atoms in total. The van der Waals surface area contributed by atoms with Gasteiger partial charge in [-0.1, -0.05) is 40.7 Å². The van der Waals surface area contributed by atoms with Gasteiger partial charge < -0.3 is 20.4 Å². The summed E-state index contributed by atoms with van der Waals surface area (Å²) in [6, 6.07) is 0. The molecule has 190 valence electrons. The van der Waals surface area contributed by atoms with Crippen molar-refractivity contribution >= 4 is 28.3 Å². The second-order valence-electron chi connectivity index (χ2n) is 11.9. The molecule has 5 atom stereocenters. The summed E-state index contributed by atoms with van der Waals surface area (Å²) < 4.78 is 0. The predicted molar refractivity (Wildman–Crippen MR) is 136 cm³/mol. The number of fused-ring (bicyclic) bond motifs is 2. The number of aromatic nitrogens is 1. The number of likely N-dealkylation sites (N-methyl/N-ethyl adjacent to an activating group) is 1. The van der Waals surface area contributed by atoms with Gasteiger partial charge in [0.05, 0.1) is 18.4 Å². The Kier molecular flexibility index (Phi) is 7.66. The number of hydrogen-bond donors (Lipinski definition) is 3. The van der Waals surface area contributed by atoms with E-state index in [2.05, 4.69) is 18.8 Å². The average Bonchev–Trinajstić information content (AvgIpc) is 3.13. The SMILES string of the molecule is C=CCN(C)C(=O)CC1c2nc(NC(=O)CC(C)(C)C)sc2CC2C(C)(CO)C(O)CCC12C. The molecular weight excluding hydrogens is 450 g/mol. The molecule has 0 aliphatic heterocycles. The van der Waals surface area contributed by atoms with Crippen LogP contribution < -0.4 is 5.32 Å². The Labute approximate surface area is 207 Å². The van der Waals surface area contributed by atoms with Gasteiger partial charge in [-0.25, -0.2) is 4.98 Å². The smallest absolute Gasteiger partial charge is 0.226 e. The highest BCUT2D eigenvalue weighted by atomic mass is 32.1. The van der Waals surface area contributed by atoms with Crippen molar-refractivity contribution in [3.8, 4) is 0 Å². The van der Waals surface area contributed by atoms with E-state index < -0.39 is 11.5 Å². The van der Waals surface area contributed by atoms with Crippen LogP contribution in [0.2, 0.25) is 0 Å². The summed E-state index contributed by atoms with van der Waals surface area (Å²) in [6.07, 6.45) is 3.78. The van der Waals surface area contributed by atoms with Crippen LogP contribution in [0.1, 0.15) is 76.8 Å². The Morgan fingerprint density at radius 3 is 2.62 bits per heavy atom. The lowest BCUT2D eigenvalue weighted by Gasteiger charge is -2.58. The molecule has 5 unspecified atom stereocenters. The molecule has 3 rings (SSSR count). The number of aliphatic hydroxyl groups is 2. The van der Waals surface area contributed by atoms with Crippen LogP contribution in [0.4, 0.5) is 5.13 Å². The fraction of sp³-hybridized carbons (Fsp3) is 0.731. The summed E-state index contributed by atoms with van der Waals surface area (Å²) in [6.45, 7) is 14.3. The molecule has 0 aromatic carbocycles. The molecule has 0 bridgehead atoms. The van der Waals surface area contributed by atoms with Crippen molar-refractivity contribution in [1.82, 2.24) is 9.88 Å². The molecule has 1 saturated carbocycles.